The Kier molecular flexibility index (Phi) is 19.9. The maximum atomic E-state index is 13.7. The van der Waals surface area contributed by atoms with Crippen molar-refractivity contribution >= 4 is 18.0 Å². The molecule has 4 heterocycles. The van der Waals surface area contributed by atoms with Gasteiger partial charge in [-0.1, -0.05) is 38.5 Å². The van der Waals surface area contributed by atoms with E-state index < -0.39 is 140 Å². The predicted octanol–water partition coefficient (Wildman–Crippen LogP) is 1.18. The molecule has 0 aromatic carbocycles. The summed E-state index contributed by atoms with van der Waals surface area (Å²) in [7, 11) is 4.86. The van der Waals surface area contributed by atoms with Gasteiger partial charge < -0.3 is 78.2 Å². The van der Waals surface area contributed by atoms with Crippen molar-refractivity contribution in [3.05, 3.63) is 23.8 Å². The van der Waals surface area contributed by atoms with Crippen LogP contribution in [0.2, 0.25) is 0 Å². The molecular formula is C45H75NO17. The molecule has 4 aliphatic rings. The second-order valence-corrected chi connectivity index (χ2v) is 18.5. The number of nitrogens with zero attached hydrogens (tertiary/aromatic N) is 1. The molecule has 3 fully saturated rings. The number of ketones is 1. The van der Waals surface area contributed by atoms with Crippen LogP contribution in [-0.2, 0) is 52.3 Å². The van der Waals surface area contributed by atoms with E-state index in [1.807, 2.05) is 13.0 Å². The summed E-state index contributed by atoms with van der Waals surface area (Å²) >= 11 is 0. The molecule has 0 amide bonds. The molecule has 0 unspecified atom stereocenters. The molecule has 0 saturated carbocycles. The van der Waals surface area contributed by atoms with Crippen molar-refractivity contribution in [3.63, 3.8) is 0 Å². The number of carbonyl (C=O) groups excluding carboxylic acids is 3. The van der Waals surface area contributed by atoms with Crippen LogP contribution in [0.3, 0.4) is 0 Å². The van der Waals surface area contributed by atoms with E-state index in [1.165, 1.54) is 20.1 Å². The van der Waals surface area contributed by atoms with Crippen LogP contribution in [0.25, 0.3) is 0 Å². The van der Waals surface area contributed by atoms with E-state index in [0.29, 0.717) is 18.3 Å². The lowest BCUT2D eigenvalue weighted by atomic mass is 9.79. The number of rotatable bonds is 12. The molecule has 362 valence electrons. The zero-order valence-electron chi connectivity index (χ0n) is 38.7. The molecule has 0 aromatic rings. The van der Waals surface area contributed by atoms with Crippen molar-refractivity contribution in [1.29, 1.82) is 0 Å². The van der Waals surface area contributed by atoms with Gasteiger partial charge in [0.05, 0.1) is 55.2 Å². The Morgan fingerprint density at radius 1 is 0.873 bits per heavy atom. The topological polar surface area (TPSA) is 250 Å². The first-order chi connectivity index (χ1) is 29.5. The highest BCUT2D eigenvalue weighted by Gasteiger charge is 2.51. The van der Waals surface area contributed by atoms with E-state index in [0.717, 1.165) is 0 Å². The Morgan fingerprint density at radius 3 is 2.14 bits per heavy atom. The molecule has 63 heavy (non-hydrogen) atoms. The minimum atomic E-state index is -1.49. The predicted molar refractivity (Wildman–Crippen MR) is 226 cm³/mol. The fraction of sp³-hybridized carbons (Fsp3) is 0.844. The molecule has 18 heteroatoms. The molecule has 3 saturated heterocycles. The SMILES string of the molecule is CC[C@H]1OC(=O)C[C@@H](O)[C@H](C)[C@@H](O[C@@H]2O[C@H](C)[C@@H](O[C@H]3C[C@@](C)(O)[C@@H](O)[C@H](C)O3)[C@H](N(C)C)[C@H]2O)[C@@H](CC=O)C[C@@H](C)C(=O)C=CC(C)=C[C@@H]1CO[C@@H]1O[C@H](C)[C@@H](O)[C@@H](O)[C@H]1OC. The van der Waals surface area contributed by atoms with E-state index in [9.17, 15) is 45.0 Å². The van der Waals surface area contributed by atoms with E-state index in [1.54, 1.807) is 66.6 Å². The molecule has 0 radical (unpaired) electrons. The van der Waals surface area contributed by atoms with Crippen molar-refractivity contribution < 1.29 is 82.9 Å². The molecule has 0 aromatic heterocycles. The fourth-order valence-electron chi connectivity index (χ4n) is 9.26. The van der Waals surface area contributed by atoms with Crippen molar-refractivity contribution in [1.82, 2.24) is 4.90 Å². The quantitative estimate of drug-likeness (QED) is 0.119. The Morgan fingerprint density at radius 2 is 1.54 bits per heavy atom. The summed E-state index contributed by atoms with van der Waals surface area (Å²) in [6.07, 6.45) is -10.0. The fourth-order valence-corrected chi connectivity index (χ4v) is 9.26. The molecule has 0 bridgehead atoms. The van der Waals surface area contributed by atoms with Gasteiger partial charge in [0.2, 0.25) is 0 Å². The highest BCUT2D eigenvalue weighted by atomic mass is 16.7. The third kappa shape index (κ3) is 13.4. The maximum Gasteiger partial charge on any atom is 0.308 e. The van der Waals surface area contributed by atoms with Crippen LogP contribution in [-0.4, -0.2) is 185 Å². The molecule has 0 aliphatic carbocycles. The van der Waals surface area contributed by atoms with Crippen LogP contribution in [0.15, 0.2) is 23.8 Å². The van der Waals surface area contributed by atoms with E-state index in [4.69, 9.17) is 37.9 Å². The van der Waals surface area contributed by atoms with Gasteiger partial charge in [-0.2, -0.15) is 0 Å². The Labute approximate surface area is 371 Å². The first-order valence-electron chi connectivity index (χ1n) is 22.3. The lowest BCUT2D eigenvalue weighted by Gasteiger charge is -2.50. The van der Waals surface area contributed by atoms with Gasteiger partial charge in [-0.05, 0) is 73.5 Å². The van der Waals surface area contributed by atoms with Crippen LogP contribution in [0.1, 0.15) is 87.5 Å². The number of carbonyl (C=O) groups is 3. The smallest absolute Gasteiger partial charge is 0.308 e. The van der Waals surface area contributed by atoms with Gasteiger partial charge in [0.25, 0.3) is 0 Å². The van der Waals surface area contributed by atoms with Gasteiger partial charge in [0, 0.05) is 37.7 Å². The first-order valence-corrected chi connectivity index (χ1v) is 22.3. The van der Waals surface area contributed by atoms with Crippen LogP contribution < -0.4 is 0 Å². The lowest BCUT2D eigenvalue weighted by Crippen LogP contribution is -2.65. The van der Waals surface area contributed by atoms with E-state index >= 15 is 0 Å². The van der Waals surface area contributed by atoms with E-state index in [2.05, 4.69) is 0 Å². The van der Waals surface area contributed by atoms with Crippen LogP contribution in [0.5, 0.6) is 0 Å². The summed E-state index contributed by atoms with van der Waals surface area (Å²) in [5.41, 5.74) is -0.837. The van der Waals surface area contributed by atoms with Crippen molar-refractivity contribution in [2.75, 3.05) is 27.8 Å². The summed E-state index contributed by atoms with van der Waals surface area (Å²) in [6, 6.07) is -0.754. The molecule has 0 spiro atoms. The van der Waals surface area contributed by atoms with Gasteiger partial charge in [-0.3, -0.25) is 9.59 Å². The Balaban J connectivity index is 1.62. The average molecular weight is 902 g/mol. The second-order valence-electron chi connectivity index (χ2n) is 18.5. The standard InChI is InChI=1S/C45H75NO17/c1-12-32-29(21-57-44-41(56-11)38(53)36(51)25(5)59-44)17-22(2)13-14-30(48)23(3)18-28(15-16-47)39(24(4)31(49)19-33(50)61-32)63-43-37(52)35(46(9)10)40(26(6)60-43)62-34-20-45(8,55)42(54)27(7)58-34/h13-14,16-17,23-29,31-32,34-44,49,51-55H,12,15,18-21H2,1-11H3/t23-,24+,25-,26-,27+,28+,29-,31-,32-,34+,35-,36-,37-,38-,39-,40-,41-,42+,43+,44-,45-/m1/s1. The molecule has 21 atom stereocenters. The number of aliphatic hydroxyl groups is 6. The van der Waals surface area contributed by atoms with Gasteiger partial charge >= 0.3 is 5.97 Å². The number of likely N-dealkylation sites (N-methyl/N-ethyl adjacent to an activating group) is 1. The molecule has 4 aliphatic heterocycles. The number of hydrogen-bond donors (Lipinski definition) is 6. The van der Waals surface area contributed by atoms with Crippen LogP contribution >= 0.6 is 0 Å². The van der Waals surface area contributed by atoms with Crippen molar-refractivity contribution in [2.24, 2.45) is 23.7 Å². The average Bonchev–Trinajstić information content (AvgIpc) is 3.21. The highest BCUT2D eigenvalue weighted by Crippen LogP contribution is 2.37. The lowest BCUT2D eigenvalue weighted by molar-refractivity contribution is -0.341. The summed E-state index contributed by atoms with van der Waals surface area (Å²) in [4.78, 5) is 41.4. The summed E-state index contributed by atoms with van der Waals surface area (Å²) in [5.74, 6) is -3.70. The summed E-state index contributed by atoms with van der Waals surface area (Å²) in [5, 5.41) is 66.0. The summed E-state index contributed by atoms with van der Waals surface area (Å²) < 4.78 is 48.5. The highest BCUT2D eigenvalue weighted by molar-refractivity contribution is 5.91. The van der Waals surface area contributed by atoms with Crippen molar-refractivity contribution in [3.8, 4) is 0 Å². The first kappa shape index (κ1) is 53.3. The van der Waals surface area contributed by atoms with Crippen LogP contribution in [0.4, 0.5) is 0 Å². The second kappa shape index (κ2) is 23.5. The summed E-state index contributed by atoms with van der Waals surface area (Å²) in [6.45, 7) is 13.4. The molecular weight excluding hydrogens is 826 g/mol. The monoisotopic (exact) mass is 902 g/mol. The Hall–Kier alpha value is -2.27. The van der Waals surface area contributed by atoms with Gasteiger partial charge in [-0.15, -0.1) is 0 Å². The number of aliphatic hydroxyl groups excluding tert-OH is 5. The Bertz CT molecular complexity index is 1540. The minimum absolute atomic E-state index is 0.0407. The normalized spacial score (nSPS) is 45.1. The van der Waals surface area contributed by atoms with Gasteiger partial charge in [0.1, 0.15) is 49.0 Å². The third-order valence-corrected chi connectivity index (χ3v) is 13.2. The van der Waals surface area contributed by atoms with Gasteiger partial charge in [-0.25, -0.2) is 0 Å². The number of esters is 1. The minimum Gasteiger partial charge on any atom is -0.462 e. The number of cyclic esters (lactones) is 1. The molecule has 18 nitrogen and oxygen atoms in total. The van der Waals surface area contributed by atoms with Crippen molar-refractivity contribution in [2.45, 2.75) is 191 Å². The zero-order chi connectivity index (χ0) is 47.1. The number of hydrogen-bond acceptors (Lipinski definition) is 18. The number of aldehydes is 1. The van der Waals surface area contributed by atoms with Crippen LogP contribution in [0, 0.1) is 23.7 Å². The molecule has 4 rings (SSSR count). The van der Waals surface area contributed by atoms with E-state index in [-0.39, 0.29) is 31.7 Å². The zero-order valence-corrected chi connectivity index (χ0v) is 38.7. The molecule has 6 N–H and O–H groups in total. The number of ether oxygens (including phenoxy) is 8. The van der Waals surface area contributed by atoms with Gasteiger partial charge in [0.15, 0.2) is 24.7 Å². The number of methoxy groups -OCH3 is 1. The number of allylic oxidation sites excluding steroid dienone is 3. The maximum absolute atomic E-state index is 13.7. The largest absolute Gasteiger partial charge is 0.462 e. The third-order valence-electron chi connectivity index (χ3n) is 13.2.